The molecule has 3 heterocycles. The van der Waals surface area contributed by atoms with E-state index in [4.69, 9.17) is 0 Å². The van der Waals surface area contributed by atoms with E-state index < -0.39 is 5.97 Å². The zero-order valence-corrected chi connectivity index (χ0v) is 13.9. The fourth-order valence-corrected chi connectivity index (χ4v) is 2.69. The van der Waals surface area contributed by atoms with Crippen LogP contribution in [0.3, 0.4) is 0 Å². The zero-order chi connectivity index (χ0) is 18.1. The number of carboxylic acid groups (broad SMARTS) is 1. The van der Waals surface area contributed by atoms with Gasteiger partial charge in [0.25, 0.3) is 0 Å². The first kappa shape index (κ1) is 15.8. The lowest BCUT2D eigenvalue weighted by atomic mass is 10.1. The summed E-state index contributed by atoms with van der Waals surface area (Å²) >= 11 is 0. The number of aryl methyl sites for hydroxylation is 1. The van der Waals surface area contributed by atoms with Gasteiger partial charge in [-0.3, -0.25) is 4.68 Å². The SMILES string of the molecule is Cn1cc(Nc2ncc3cnn(Cc4ccccc4C(=O)O)c3n2)cn1. The fourth-order valence-electron chi connectivity index (χ4n) is 2.69. The van der Waals surface area contributed by atoms with E-state index in [2.05, 4.69) is 25.5 Å². The molecule has 2 N–H and O–H groups in total. The average molecular weight is 349 g/mol. The quantitative estimate of drug-likeness (QED) is 0.567. The lowest BCUT2D eigenvalue weighted by Gasteiger charge is -2.07. The Bertz CT molecular complexity index is 1100. The predicted octanol–water partition coefficient (Wildman–Crippen LogP) is 2.05. The van der Waals surface area contributed by atoms with Crippen molar-refractivity contribution in [1.82, 2.24) is 29.5 Å². The Balaban J connectivity index is 1.68. The van der Waals surface area contributed by atoms with Gasteiger partial charge in [-0.05, 0) is 11.6 Å². The van der Waals surface area contributed by atoms with Gasteiger partial charge in [0, 0.05) is 19.4 Å². The van der Waals surface area contributed by atoms with Crippen LogP contribution >= 0.6 is 0 Å². The summed E-state index contributed by atoms with van der Waals surface area (Å²) in [6.45, 7) is 0.301. The van der Waals surface area contributed by atoms with Gasteiger partial charge in [0.2, 0.25) is 5.95 Å². The van der Waals surface area contributed by atoms with Gasteiger partial charge in [0.15, 0.2) is 5.65 Å². The van der Waals surface area contributed by atoms with Gasteiger partial charge in [-0.25, -0.2) is 14.5 Å². The van der Waals surface area contributed by atoms with Crippen LogP contribution in [0.5, 0.6) is 0 Å². The van der Waals surface area contributed by atoms with Crippen molar-refractivity contribution in [1.29, 1.82) is 0 Å². The standard InChI is InChI=1S/C17H15N7O2/c1-23-10-13(8-19-23)21-17-18-6-12-7-20-24(15(12)22-17)9-11-4-2-3-5-14(11)16(25)26/h2-8,10H,9H2,1H3,(H,25,26)(H,18,21,22). The highest BCUT2D eigenvalue weighted by molar-refractivity contribution is 5.89. The normalized spacial score (nSPS) is 11.0. The van der Waals surface area contributed by atoms with Gasteiger partial charge in [0.05, 0.1) is 35.6 Å². The smallest absolute Gasteiger partial charge is 0.336 e. The predicted molar refractivity (Wildman–Crippen MR) is 94.3 cm³/mol. The number of benzene rings is 1. The molecule has 3 aromatic heterocycles. The van der Waals surface area contributed by atoms with Gasteiger partial charge in [0.1, 0.15) is 0 Å². The number of carbonyl (C=O) groups is 1. The minimum atomic E-state index is -0.967. The van der Waals surface area contributed by atoms with Crippen LogP contribution in [0, 0.1) is 0 Å². The Morgan fingerprint density at radius 1 is 1.19 bits per heavy atom. The van der Waals surface area contributed by atoms with Gasteiger partial charge in [-0.2, -0.15) is 15.2 Å². The average Bonchev–Trinajstić information content (AvgIpc) is 3.21. The third kappa shape index (κ3) is 2.97. The Morgan fingerprint density at radius 2 is 2.04 bits per heavy atom. The summed E-state index contributed by atoms with van der Waals surface area (Å²) in [6, 6.07) is 6.85. The topological polar surface area (TPSA) is 111 Å². The maximum Gasteiger partial charge on any atom is 0.336 e. The molecule has 26 heavy (non-hydrogen) atoms. The van der Waals surface area contributed by atoms with Crippen LogP contribution < -0.4 is 5.32 Å². The lowest BCUT2D eigenvalue weighted by molar-refractivity contribution is 0.0695. The molecule has 0 atom stereocenters. The second kappa shape index (κ2) is 6.28. The molecule has 130 valence electrons. The molecule has 0 saturated carbocycles. The number of hydrogen-bond donors (Lipinski definition) is 2. The molecule has 9 heteroatoms. The maximum absolute atomic E-state index is 11.4. The molecule has 0 amide bonds. The number of aromatic carboxylic acids is 1. The number of anilines is 2. The highest BCUT2D eigenvalue weighted by Gasteiger charge is 2.13. The first-order chi connectivity index (χ1) is 12.6. The summed E-state index contributed by atoms with van der Waals surface area (Å²) in [5, 5.41) is 21.6. The molecule has 0 aliphatic heterocycles. The fraction of sp³-hybridized carbons (Fsp3) is 0.118. The Morgan fingerprint density at radius 3 is 2.81 bits per heavy atom. The lowest BCUT2D eigenvalue weighted by Crippen LogP contribution is -2.09. The van der Waals surface area contributed by atoms with E-state index in [1.807, 2.05) is 13.2 Å². The van der Waals surface area contributed by atoms with Crippen LogP contribution in [0.2, 0.25) is 0 Å². The zero-order valence-electron chi connectivity index (χ0n) is 13.9. The molecular formula is C17H15N7O2. The van der Waals surface area contributed by atoms with Crippen molar-refractivity contribution in [2.24, 2.45) is 7.05 Å². The molecule has 0 spiro atoms. The Labute approximate surface area is 147 Å². The van der Waals surface area contributed by atoms with Crippen molar-refractivity contribution in [3.63, 3.8) is 0 Å². The second-order valence-corrected chi connectivity index (χ2v) is 5.76. The van der Waals surface area contributed by atoms with Crippen molar-refractivity contribution in [2.45, 2.75) is 6.54 Å². The van der Waals surface area contributed by atoms with E-state index in [0.717, 1.165) is 11.1 Å². The summed E-state index contributed by atoms with van der Waals surface area (Å²) in [5.74, 6) is -0.551. The number of hydrogen-bond acceptors (Lipinski definition) is 6. The Hall–Kier alpha value is -3.75. The van der Waals surface area contributed by atoms with E-state index in [-0.39, 0.29) is 5.56 Å². The summed E-state index contributed by atoms with van der Waals surface area (Å²) in [4.78, 5) is 20.2. The maximum atomic E-state index is 11.4. The third-order valence-corrected chi connectivity index (χ3v) is 3.91. The van der Waals surface area contributed by atoms with E-state index in [0.29, 0.717) is 23.7 Å². The third-order valence-electron chi connectivity index (χ3n) is 3.91. The van der Waals surface area contributed by atoms with Crippen molar-refractivity contribution in [2.75, 3.05) is 5.32 Å². The van der Waals surface area contributed by atoms with Gasteiger partial charge >= 0.3 is 5.97 Å². The summed E-state index contributed by atoms with van der Waals surface area (Å²) in [5.41, 5.74) is 2.30. The number of nitrogens with zero attached hydrogens (tertiary/aromatic N) is 6. The van der Waals surface area contributed by atoms with Gasteiger partial charge < -0.3 is 10.4 Å². The number of aromatic nitrogens is 6. The van der Waals surface area contributed by atoms with Crippen molar-refractivity contribution in [3.8, 4) is 0 Å². The van der Waals surface area contributed by atoms with Crippen LogP contribution in [0.1, 0.15) is 15.9 Å². The molecule has 9 nitrogen and oxygen atoms in total. The van der Waals surface area contributed by atoms with E-state index in [9.17, 15) is 9.90 Å². The molecule has 0 aliphatic carbocycles. The van der Waals surface area contributed by atoms with Gasteiger partial charge in [-0.1, -0.05) is 18.2 Å². The minimum absolute atomic E-state index is 0.249. The summed E-state index contributed by atoms with van der Waals surface area (Å²) < 4.78 is 3.33. The van der Waals surface area contributed by atoms with Gasteiger partial charge in [-0.15, -0.1) is 0 Å². The molecule has 0 unspecified atom stereocenters. The van der Waals surface area contributed by atoms with E-state index in [1.54, 1.807) is 52.2 Å². The monoisotopic (exact) mass is 349 g/mol. The molecular weight excluding hydrogens is 334 g/mol. The van der Waals surface area contributed by atoms with Crippen molar-refractivity contribution >= 4 is 28.6 Å². The first-order valence-corrected chi connectivity index (χ1v) is 7.85. The number of nitrogens with one attached hydrogen (secondary N) is 1. The van der Waals surface area contributed by atoms with E-state index in [1.165, 1.54) is 0 Å². The van der Waals surface area contributed by atoms with E-state index >= 15 is 0 Å². The van der Waals surface area contributed by atoms with Crippen LogP contribution in [0.15, 0.2) is 49.1 Å². The first-order valence-electron chi connectivity index (χ1n) is 7.85. The van der Waals surface area contributed by atoms with Crippen LogP contribution in [-0.4, -0.2) is 40.6 Å². The Kier molecular flexibility index (Phi) is 3.81. The summed E-state index contributed by atoms with van der Waals surface area (Å²) in [6.07, 6.45) is 6.82. The number of fused-ring (bicyclic) bond motifs is 1. The molecule has 4 rings (SSSR count). The summed E-state index contributed by atoms with van der Waals surface area (Å²) in [7, 11) is 1.82. The number of rotatable bonds is 5. The second-order valence-electron chi connectivity index (χ2n) is 5.76. The molecule has 0 radical (unpaired) electrons. The van der Waals surface area contributed by atoms with Crippen molar-refractivity contribution < 1.29 is 9.90 Å². The molecule has 1 aromatic carbocycles. The molecule has 4 aromatic rings. The minimum Gasteiger partial charge on any atom is -0.478 e. The highest BCUT2D eigenvalue weighted by atomic mass is 16.4. The van der Waals surface area contributed by atoms with Crippen LogP contribution in [0.25, 0.3) is 11.0 Å². The molecule has 0 aliphatic rings. The van der Waals surface area contributed by atoms with Crippen LogP contribution in [0.4, 0.5) is 11.6 Å². The molecule has 0 saturated heterocycles. The molecule has 0 bridgehead atoms. The molecule has 0 fully saturated rings. The number of carboxylic acids is 1. The van der Waals surface area contributed by atoms with Crippen molar-refractivity contribution in [3.05, 3.63) is 60.2 Å². The highest BCUT2D eigenvalue weighted by Crippen LogP contribution is 2.18. The largest absolute Gasteiger partial charge is 0.478 e. The van der Waals surface area contributed by atoms with Crippen LogP contribution in [-0.2, 0) is 13.6 Å².